The van der Waals surface area contributed by atoms with E-state index >= 15 is 0 Å². The summed E-state index contributed by atoms with van der Waals surface area (Å²) in [5.41, 5.74) is 2.64. The molecule has 1 aromatic carbocycles. The van der Waals surface area contributed by atoms with Gasteiger partial charge >= 0.3 is 5.97 Å². The van der Waals surface area contributed by atoms with Gasteiger partial charge in [0.15, 0.2) is 5.78 Å². The molecule has 1 N–H and O–H groups in total. The van der Waals surface area contributed by atoms with Crippen LogP contribution in [0.5, 0.6) is 0 Å². The number of carbonyl (C=O) groups excluding carboxylic acids is 2. The third-order valence-electron chi connectivity index (χ3n) is 5.75. The number of dihydropyridines is 1. The van der Waals surface area contributed by atoms with Crippen LogP contribution in [0.4, 0.5) is 5.69 Å². The number of hydrogen-bond donors (Lipinski definition) is 1. The highest BCUT2D eigenvalue weighted by molar-refractivity contribution is 7.10. The van der Waals surface area contributed by atoms with Crippen LogP contribution in [0.25, 0.3) is 0 Å². The minimum Gasteiger partial charge on any atom is -0.460 e. The number of ketones is 1. The molecule has 166 valence electrons. The van der Waals surface area contributed by atoms with Gasteiger partial charge in [-0.2, -0.15) is 0 Å². The Hall–Kier alpha value is -3.26. The normalized spacial score (nSPS) is 20.8. The molecule has 7 nitrogen and oxygen atoms in total. The van der Waals surface area contributed by atoms with Crippen molar-refractivity contribution in [1.29, 1.82) is 0 Å². The second-order valence-electron chi connectivity index (χ2n) is 8.34. The smallest absolute Gasteiger partial charge is 0.337 e. The van der Waals surface area contributed by atoms with Crippen LogP contribution in [-0.4, -0.2) is 22.8 Å². The summed E-state index contributed by atoms with van der Waals surface area (Å²) in [6.07, 6.45) is 0.628. The van der Waals surface area contributed by atoms with E-state index in [2.05, 4.69) is 5.32 Å². The Morgan fingerprint density at radius 3 is 2.69 bits per heavy atom. The predicted octanol–water partition coefficient (Wildman–Crippen LogP) is 4.97. The molecule has 0 fully saturated rings. The predicted molar refractivity (Wildman–Crippen MR) is 121 cm³/mol. The first kappa shape index (κ1) is 22.0. The Bertz CT molecular complexity index is 1150. The van der Waals surface area contributed by atoms with Crippen molar-refractivity contribution in [2.75, 3.05) is 0 Å². The summed E-state index contributed by atoms with van der Waals surface area (Å²) in [4.78, 5) is 38.6. The number of rotatable bonds is 5. The van der Waals surface area contributed by atoms with Gasteiger partial charge in [-0.25, -0.2) is 4.79 Å². The fraction of sp³-hybridized carbons (Fsp3) is 0.333. The molecule has 0 amide bonds. The molecular weight excluding hydrogens is 428 g/mol. The van der Waals surface area contributed by atoms with Gasteiger partial charge in [0.1, 0.15) is 0 Å². The van der Waals surface area contributed by atoms with E-state index in [1.807, 2.05) is 17.5 Å². The van der Waals surface area contributed by atoms with Crippen molar-refractivity contribution < 1.29 is 19.2 Å². The molecular formula is C24H24N2O5S. The van der Waals surface area contributed by atoms with Crippen molar-refractivity contribution >= 4 is 28.8 Å². The molecule has 2 aliphatic rings. The molecule has 2 heterocycles. The van der Waals surface area contributed by atoms with Gasteiger partial charge in [-0.1, -0.05) is 18.2 Å². The lowest BCUT2D eigenvalue weighted by Crippen LogP contribution is -2.36. The molecule has 0 spiro atoms. The number of benzene rings is 1. The van der Waals surface area contributed by atoms with E-state index in [0.717, 1.165) is 10.6 Å². The van der Waals surface area contributed by atoms with E-state index in [1.54, 1.807) is 44.2 Å². The van der Waals surface area contributed by atoms with Crippen molar-refractivity contribution in [3.63, 3.8) is 0 Å². The standard InChI is InChI=1S/C24H24N2O5S/c1-13(2)31-24(28)21-14(3)25-18-11-16(20-8-5-9-32-20)12-19(27)23(18)22(21)15-6-4-7-17(10-15)26(29)30/h4-10,13,16,22,25H,11-12H2,1-3H3/t16-,22-/m0/s1. The highest BCUT2D eigenvalue weighted by Gasteiger charge is 2.42. The average Bonchev–Trinajstić information content (AvgIpc) is 3.27. The van der Waals surface area contributed by atoms with Crippen molar-refractivity contribution in [1.82, 2.24) is 5.32 Å². The lowest BCUT2D eigenvalue weighted by atomic mass is 9.72. The van der Waals surface area contributed by atoms with E-state index in [0.29, 0.717) is 35.2 Å². The third-order valence-corrected chi connectivity index (χ3v) is 6.78. The molecule has 0 saturated carbocycles. The van der Waals surface area contributed by atoms with Crippen LogP contribution in [0.1, 0.15) is 55.9 Å². The molecule has 0 bridgehead atoms. The number of ether oxygens (including phenoxy) is 1. The highest BCUT2D eigenvalue weighted by Crippen LogP contribution is 2.46. The summed E-state index contributed by atoms with van der Waals surface area (Å²) >= 11 is 1.62. The Labute approximate surface area is 189 Å². The van der Waals surface area contributed by atoms with Gasteiger partial charge in [-0.3, -0.25) is 14.9 Å². The van der Waals surface area contributed by atoms with E-state index in [9.17, 15) is 19.7 Å². The fourth-order valence-electron chi connectivity index (χ4n) is 4.46. The van der Waals surface area contributed by atoms with Crippen molar-refractivity contribution in [2.24, 2.45) is 0 Å². The number of hydrogen-bond acceptors (Lipinski definition) is 7. The molecule has 1 aromatic heterocycles. The van der Waals surface area contributed by atoms with Gasteiger partial charge < -0.3 is 10.1 Å². The maximum absolute atomic E-state index is 13.4. The third kappa shape index (κ3) is 4.10. The van der Waals surface area contributed by atoms with Gasteiger partial charge in [-0.15, -0.1) is 11.3 Å². The van der Waals surface area contributed by atoms with Crippen LogP contribution in [0, 0.1) is 10.1 Å². The Balaban J connectivity index is 1.84. The molecule has 8 heteroatoms. The van der Waals surface area contributed by atoms with Crippen LogP contribution in [0.15, 0.2) is 64.3 Å². The van der Waals surface area contributed by atoms with Crippen molar-refractivity contribution in [3.8, 4) is 0 Å². The van der Waals surface area contributed by atoms with Gasteiger partial charge in [0, 0.05) is 52.2 Å². The lowest BCUT2D eigenvalue weighted by molar-refractivity contribution is -0.384. The number of thiophene rings is 1. The number of carbonyl (C=O) groups is 2. The number of nitrogens with one attached hydrogen (secondary N) is 1. The molecule has 1 aliphatic heterocycles. The molecule has 4 rings (SSSR count). The maximum Gasteiger partial charge on any atom is 0.337 e. The summed E-state index contributed by atoms with van der Waals surface area (Å²) in [6, 6.07) is 10.1. The monoisotopic (exact) mass is 452 g/mol. The molecule has 2 aromatic rings. The zero-order valence-electron chi connectivity index (χ0n) is 18.1. The van der Waals surface area contributed by atoms with E-state index < -0.39 is 16.8 Å². The topological polar surface area (TPSA) is 98.5 Å². The number of nitro groups is 1. The summed E-state index contributed by atoms with van der Waals surface area (Å²) in [5.74, 6) is -1.23. The first-order valence-corrected chi connectivity index (χ1v) is 11.4. The summed E-state index contributed by atoms with van der Waals surface area (Å²) < 4.78 is 5.48. The molecule has 0 saturated heterocycles. The lowest BCUT2D eigenvalue weighted by Gasteiger charge is -2.36. The van der Waals surface area contributed by atoms with E-state index in [-0.39, 0.29) is 23.5 Å². The zero-order valence-corrected chi connectivity index (χ0v) is 18.9. The number of Topliss-reactive ketones (excluding diaryl/α,β-unsaturated/α-hetero) is 1. The second kappa shape index (κ2) is 8.70. The van der Waals surface area contributed by atoms with E-state index in [1.165, 1.54) is 12.1 Å². The Morgan fingerprint density at radius 2 is 2.03 bits per heavy atom. The number of nitro benzene ring substituents is 1. The summed E-state index contributed by atoms with van der Waals surface area (Å²) in [7, 11) is 0. The average molecular weight is 453 g/mol. The number of esters is 1. The van der Waals surface area contributed by atoms with Crippen LogP contribution in [-0.2, 0) is 14.3 Å². The molecule has 1 aliphatic carbocycles. The minimum absolute atomic E-state index is 0.0593. The zero-order chi connectivity index (χ0) is 23.0. The first-order valence-electron chi connectivity index (χ1n) is 10.5. The van der Waals surface area contributed by atoms with Crippen molar-refractivity contribution in [2.45, 2.75) is 51.6 Å². The summed E-state index contributed by atoms with van der Waals surface area (Å²) in [5, 5.41) is 16.7. The molecule has 0 unspecified atom stereocenters. The van der Waals surface area contributed by atoms with Crippen LogP contribution in [0.2, 0.25) is 0 Å². The number of nitrogens with zero attached hydrogens (tertiary/aromatic N) is 1. The van der Waals surface area contributed by atoms with Gasteiger partial charge in [0.05, 0.1) is 16.6 Å². The molecule has 2 atom stereocenters. The van der Waals surface area contributed by atoms with E-state index in [4.69, 9.17) is 4.74 Å². The minimum atomic E-state index is -0.714. The SMILES string of the molecule is CC1=C(C(=O)OC(C)C)[C@H](c2cccc([N+](=O)[O-])c2)C2=C(C[C@H](c3cccs3)CC2=O)N1. The molecule has 32 heavy (non-hydrogen) atoms. The van der Waals surface area contributed by atoms with Gasteiger partial charge in [0.25, 0.3) is 5.69 Å². The maximum atomic E-state index is 13.4. The highest BCUT2D eigenvalue weighted by atomic mass is 32.1. The Morgan fingerprint density at radius 1 is 1.25 bits per heavy atom. The van der Waals surface area contributed by atoms with Gasteiger partial charge in [-0.05, 0) is 44.2 Å². The fourth-order valence-corrected chi connectivity index (χ4v) is 5.29. The first-order chi connectivity index (χ1) is 15.3. The van der Waals surface area contributed by atoms with Gasteiger partial charge in [0.2, 0.25) is 0 Å². The number of non-ortho nitro benzene ring substituents is 1. The van der Waals surface area contributed by atoms with Crippen molar-refractivity contribution in [3.05, 3.63) is 84.9 Å². The molecule has 0 radical (unpaired) electrons. The Kier molecular flexibility index (Phi) is 5.97. The van der Waals surface area contributed by atoms with Crippen LogP contribution < -0.4 is 5.32 Å². The quantitative estimate of drug-likeness (QED) is 0.391. The number of allylic oxidation sites excluding steroid dienone is 3. The second-order valence-corrected chi connectivity index (χ2v) is 9.32. The largest absolute Gasteiger partial charge is 0.460 e. The summed E-state index contributed by atoms with van der Waals surface area (Å²) in [6.45, 7) is 5.30. The van der Waals surface area contributed by atoms with Crippen LogP contribution in [0.3, 0.4) is 0 Å². The van der Waals surface area contributed by atoms with Crippen LogP contribution >= 0.6 is 11.3 Å².